The predicted octanol–water partition coefficient (Wildman–Crippen LogP) is 1.59. The topological polar surface area (TPSA) is 67.4 Å². The number of allylic oxidation sites excluding steroid dienone is 1. The summed E-state index contributed by atoms with van der Waals surface area (Å²) in [7, 11) is 0. The van der Waals surface area contributed by atoms with Gasteiger partial charge in [-0.3, -0.25) is 4.79 Å². The average molecular weight is 242 g/mol. The van der Waals surface area contributed by atoms with Gasteiger partial charge in [0.1, 0.15) is 5.60 Å². The number of nitrogens with one attached hydrogen (secondary N) is 2. The maximum absolute atomic E-state index is 11.2. The first-order valence-corrected chi connectivity index (χ1v) is 5.72. The van der Waals surface area contributed by atoms with Crippen molar-refractivity contribution in [2.45, 2.75) is 39.7 Å². The summed E-state index contributed by atoms with van der Waals surface area (Å²) in [5, 5.41) is 5.30. The molecule has 0 radical (unpaired) electrons. The highest BCUT2D eigenvalue weighted by Crippen LogP contribution is 2.06. The third kappa shape index (κ3) is 10.8. The van der Waals surface area contributed by atoms with Gasteiger partial charge < -0.3 is 15.4 Å². The molecule has 0 atom stereocenters. The summed E-state index contributed by atoms with van der Waals surface area (Å²) in [6.07, 6.45) is 3.37. The lowest BCUT2D eigenvalue weighted by Crippen LogP contribution is -2.34. The van der Waals surface area contributed by atoms with E-state index < -0.39 is 11.7 Å². The molecule has 0 aromatic rings. The molecule has 0 heterocycles. The van der Waals surface area contributed by atoms with Gasteiger partial charge in [0.25, 0.3) is 0 Å². The average Bonchev–Trinajstić information content (AvgIpc) is 2.14. The molecule has 0 aromatic carbocycles. The van der Waals surface area contributed by atoms with Crippen LogP contribution in [0.25, 0.3) is 0 Å². The van der Waals surface area contributed by atoms with Gasteiger partial charge in [0.05, 0.1) is 0 Å². The second-order valence-electron chi connectivity index (χ2n) is 4.57. The van der Waals surface area contributed by atoms with E-state index in [1.54, 1.807) is 13.0 Å². The van der Waals surface area contributed by atoms with Crippen molar-refractivity contribution in [3.8, 4) is 0 Å². The van der Waals surface area contributed by atoms with Crippen LogP contribution in [-0.2, 0) is 9.53 Å². The van der Waals surface area contributed by atoms with Crippen LogP contribution in [0.3, 0.4) is 0 Å². The van der Waals surface area contributed by atoms with Crippen molar-refractivity contribution in [1.29, 1.82) is 0 Å². The second-order valence-corrected chi connectivity index (χ2v) is 4.57. The highest BCUT2D eigenvalue weighted by Gasteiger charge is 2.15. The summed E-state index contributed by atoms with van der Waals surface area (Å²) in [5.74, 6) is -0.121. The molecule has 0 aliphatic rings. The monoisotopic (exact) mass is 242 g/mol. The second kappa shape index (κ2) is 7.70. The Kier molecular flexibility index (Phi) is 7.02. The van der Waals surface area contributed by atoms with Crippen molar-refractivity contribution in [2.75, 3.05) is 13.1 Å². The lowest BCUT2D eigenvalue weighted by atomic mass is 10.2. The molecule has 0 unspecified atom stereocenters. The van der Waals surface area contributed by atoms with Gasteiger partial charge in [-0.25, -0.2) is 4.79 Å². The van der Waals surface area contributed by atoms with Crippen LogP contribution in [0.5, 0.6) is 0 Å². The Morgan fingerprint density at radius 2 is 1.76 bits per heavy atom. The minimum Gasteiger partial charge on any atom is -0.444 e. The summed E-state index contributed by atoms with van der Waals surface area (Å²) < 4.78 is 5.06. The number of amides is 2. The van der Waals surface area contributed by atoms with E-state index in [4.69, 9.17) is 4.74 Å². The fourth-order valence-corrected chi connectivity index (χ4v) is 1.01. The number of hydrogen-bond donors (Lipinski definition) is 2. The molecule has 0 spiro atoms. The van der Waals surface area contributed by atoms with E-state index in [0.29, 0.717) is 19.5 Å². The zero-order chi connectivity index (χ0) is 13.3. The molecule has 0 fully saturated rings. The minimum absolute atomic E-state index is 0.121. The molecule has 98 valence electrons. The van der Waals surface area contributed by atoms with Crippen LogP contribution in [0, 0.1) is 0 Å². The third-order valence-corrected chi connectivity index (χ3v) is 1.64. The molecular weight excluding hydrogens is 220 g/mol. The van der Waals surface area contributed by atoms with E-state index >= 15 is 0 Å². The minimum atomic E-state index is -0.482. The van der Waals surface area contributed by atoms with Gasteiger partial charge in [0, 0.05) is 13.1 Å². The summed E-state index contributed by atoms with van der Waals surface area (Å²) in [6.45, 7) is 8.21. The van der Waals surface area contributed by atoms with Crippen LogP contribution in [0.2, 0.25) is 0 Å². The first-order valence-electron chi connectivity index (χ1n) is 5.72. The highest BCUT2D eigenvalue weighted by atomic mass is 16.6. The maximum atomic E-state index is 11.2. The molecule has 17 heavy (non-hydrogen) atoms. The molecule has 5 nitrogen and oxygen atoms in total. The van der Waals surface area contributed by atoms with Crippen LogP contribution in [0.1, 0.15) is 34.1 Å². The molecule has 5 heteroatoms. The van der Waals surface area contributed by atoms with E-state index in [1.165, 1.54) is 6.08 Å². The summed E-state index contributed by atoms with van der Waals surface area (Å²) in [6, 6.07) is 0. The normalized spacial score (nSPS) is 11.3. The molecule has 0 aromatic heterocycles. The van der Waals surface area contributed by atoms with Gasteiger partial charge in [-0.15, -0.1) is 0 Å². The Bertz CT molecular complexity index is 280. The fourth-order valence-electron chi connectivity index (χ4n) is 1.01. The number of carbonyl (C=O) groups is 2. The largest absolute Gasteiger partial charge is 0.444 e. The van der Waals surface area contributed by atoms with Gasteiger partial charge in [0.15, 0.2) is 0 Å². The van der Waals surface area contributed by atoms with Crippen LogP contribution in [-0.4, -0.2) is 30.7 Å². The zero-order valence-electron chi connectivity index (χ0n) is 11.0. The van der Waals surface area contributed by atoms with Crippen molar-refractivity contribution >= 4 is 12.0 Å². The molecular formula is C12H22N2O3. The predicted molar refractivity (Wildman–Crippen MR) is 66.7 cm³/mol. The van der Waals surface area contributed by atoms with Crippen LogP contribution in [0.15, 0.2) is 12.2 Å². The van der Waals surface area contributed by atoms with Gasteiger partial charge >= 0.3 is 6.09 Å². The third-order valence-electron chi connectivity index (χ3n) is 1.64. The smallest absolute Gasteiger partial charge is 0.407 e. The number of alkyl carbamates (subject to hydrolysis) is 1. The van der Waals surface area contributed by atoms with Crippen molar-refractivity contribution < 1.29 is 14.3 Å². The number of ether oxygens (including phenoxy) is 1. The molecule has 2 N–H and O–H groups in total. The Labute approximate surface area is 103 Å². The summed E-state index contributed by atoms with van der Waals surface area (Å²) in [5.41, 5.74) is -0.482. The first kappa shape index (κ1) is 15.5. The quantitative estimate of drug-likeness (QED) is 0.568. The van der Waals surface area contributed by atoms with E-state index in [0.717, 1.165) is 0 Å². The molecule has 0 aliphatic heterocycles. The SMILES string of the molecule is C/C=C/C(=O)NCCCNC(=O)OC(C)(C)C. The Morgan fingerprint density at radius 3 is 2.29 bits per heavy atom. The first-order chi connectivity index (χ1) is 7.85. The van der Waals surface area contributed by atoms with Crippen LogP contribution < -0.4 is 10.6 Å². The fraction of sp³-hybridized carbons (Fsp3) is 0.667. The van der Waals surface area contributed by atoms with Crippen molar-refractivity contribution in [3.63, 3.8) is 0 Å². The lowest BCUT2D eigenvalue weighted by Gasteiger charge is -2.19. The molecule has 0 bridgehead atoms. The van der Waals surface area contributed by atoms with E-state index in [2.05, 4.69) is 10.6 Å². The number of hydrogen-bond acceptors (Lipinski definition) is 3. The molecule has 0 rings (SSSR count). The van der Waals surface area contributed by atoms with E-state index in [-0.39, 0.29) is 5.91 Å². The molecule has 0 saturated heterocycles. The Balaban J connectivity index is 3.52. The van der Waals surface area contributed by atoms with Gasteiger partial charge in [-0.2, -0.15) is 0 Å². The number of rotatable bonds is 5. The Morgan fingerprint density at radius 1 is 1.18 bits per heavy atom. The molecule has 0 saturated carbocycles. The zero-order valence-corrected chi connectivity index (χ0v) is 11.0. The molecule has 2 amide bonds. The van der Waals surface area contributed by atoms with Gasteiger partial charge in [-0.05, 0) is 40.2 Å². The maximum Gasteiger partial charge on any atom is 0.407 e. The lowest BCUT2D eigenvalue weighted by molar-refractivity contribution is -0.116. The molecule has 0 aliphatic carbocycles. The van der Waals surface area contributed by atoms with Gasteiger partial charge in [0.2, 0.25) is 5.91 Å². The van der Waals surface area contributed by atoms with Crippen molar-refractivity contribution in [1.82, 2.24) is 10.6 Å². The van der Waals surface area contributed by atoms with Crippen molar-refractivity contribution in [3.05, 3.63) is 12.2 Å². The van der Waals surface area contributed by atoms with Crippen LogP contribution in [0.4, 0.5) is 4.79 Å². The van der Waals surface area contributed by atoms with Crippen LogP contribution >= 0.6 is 0 Å². The highest BCUT2D eigenvalue weighted by molar-refractivity contribution is 5.87. The van der Waals surface area contributed by atoms with E-state index in [1.807, 2.05) is 20.8 Å². The standard InChI is InChI=1S/C12H22N2O3/c1-5-7-10(15)13-8-6-9-14-11(16)17-12(2,3)4/h5,7H,6,8-9H2,1-4H3,(H,13,15)(H,14,16)/b7-5+. The number of carbonyl (C=O) groups excluding carboxylic acids is 2. The van der Waals surface area contributed by atoms with Gasteiger partial charge in [-0.1, -0.05) is 6.08 Å². The van der Waals surface area contributed by atoms with Crippen molar-refractivity contribution in [2.24, 2.45) is 0 Å². The summed E-state index contributed by atoms with van der Waals surface area (Å²) in [4.78, 5) is 22.2. The summed E-state index contributed by atoms with van der Waals surface area (Å²) >= 11 is 0. The Hall–Kier alpha value is -1.52. The van der Waals surface area contributed by atoms with E-state index in [9.17, 15) is 9.59 Å².